The van der Waals surface area contributed by atoms with Crippen molar-refractivity contribution in [2.24, 2.45) is 5.73 Å². The molecule has 0 amide bonds. The zero-order valence-corrected chi connectivity index (χ0v) is 8.80. The lowest BCUT2D eigenvalue weighted by molar-refractivity contribution is 0.656. The van der Waals surface area contributed by atoms with Crippen LogP contribution in [0.1, 0.15) is 24.4 Å². The van der Waals surface area contributed by atoms with Gasteiger partial charge in [-0.15, -0.1) is 0 Å². The Morgan fingerprint density at radius 3 is 2.73 bits per heavy atom. The minimum Gasteiger partial charge on any atom is -0.334 e. The number of hydrogen-bond donors (Lipinski definition) is 1. The Morgan fingerprint density at radius 2 is 2.07 bits per heavy atom. The van der Waals surface area contributed by atoms with Crippen LogP contribution in [0.3, 0.4) is 0 Å². The Kier molecular flexibility index (Phi) is 2.83. The van der Waals surface area contributed by atoms with Crippen LogP contribution < -0.4 is 5.73 Å². The van der Waals surface area contributed by atoms with E-state index in [-0.39, 0.29) is 6.04 Å². The van der Waals surface area contributed by atoms with Gasteiger partial charge < -0.3 is 10.3 Å². The molecule has 0 saturated carbocycles. The second-order valence-corrected chi connectivity index (χ2v) is 3.46. The van der Waals surface area contributed by atoms with Crippen molar-refractivity contribution >= 4 is 0 Å². The second-order valence-electron chi connectivity index (χ2n) is 3.46. The topological polar surface area (TPSA) is 43.8 Å². The van der Waals surface area contributed by atoms with Crippen molar-refractivity contribution in [3.8, 4) is 0 Å². The molecule has 2 N–H and O–H groups in total. The van der Waals surface area contributed by atoms with Gasteiger partial charge >= 0.3 is 0 Å². The Balaban J connectivity index is 2.32. The first kappa shape index (κ1) is 9.93. The van der Waals surface area contributed by atoms with Crippen LogP contribution in [0.2, 0.25) is 0 Å². The van der Waals surface area contributed by atoms with Crippen LogP contribution in [0.25, 0.3) is 0 Å². The molecule has 1 aromatic carbocycles. The third-order valence-corrected chi connectivity index (χ3v) is 2.53. The smallest absolute Gasteiger partial charge is 0.130 e. The van der Waals surface area contributed by atoms with Gasteiger partial charge in [-0.2, -0.15) is 0 Å². The molecule has 0 aliphatic carbocycles. The molecule has 0 aliphatic rings. The van der Waals surface area contributed by atoms with Gasteiger partial charge in [-0.1, -0.05) is 30.3 Å². The Hall–Kier alpha value is -1.61. The minimum atomic E-state index is -0.138. The summed E-state index contributed by atoms with van der Waals surface area (Å²) in [5, 5.41) is 0. The average Bonchev–Trinajstić information content (AvgIpc) is 2.77. The third-order valence-electron chi connectivity index (χ3n) is 2.53. The van der Waals surface area contributed by atoms with E-state index in [1.54, 1.807) is 6.20 Å². The highest BCUT2D eigenvalue weighted by molar-refractivity contribution is 5.24. The van der Waals surface area contributed by atoms with E-state index >= 15 is 0 Å². The number of aromatic nitrogens is 2. The number of nitrogens with zero attached hydrogens (tertiary/aromatic N) is 2. The molecule has 0 fully saturated rings. The summed E-state index contributed by atoms with van der Waals surface area (Å²) in [6.45, 7) is 2.98. The van der Waals surface area contributed by atoms with Crippen molar-refractivity contribution in [2.75, 3.05) is 0 Å². The lowest BCUT2D eigenvalue weighted by Gasteiger charge is -2.13. The lowest BCUT2D eigenvalue weighted by atomic mass is 10.1. The highest BCUT2D eigenvalue weighted by atomic mass is 15.1. The Labute approximate surface area is 89.6 Å². The minimum absolute atomic E-state index is 0.138. The highest BCUT2D eigenvalue weighted by Gasteiger charge is 2.13. The van der Waals surface area contributed by atoms with Crippen LogP contribution in [0, 0.1) is 0 Å². The van der Waals surface area contributed by atoms with E-state index < -0.39 is 0 Å². The van der Waals surface area contributed by atoms with E-state index in [0.29, 0.717) is 0 Å². The van der Waals surface area contributed by atoms with Crippen molar-refractivity contribution in [2.45, 2.75) is 19.5 Å². The van der Waals surface area contributed by atoms with Crippen molar-refractivity contribution in [3.63, 3.8) is 0 Å². The zero-order valence-electron chi connectivity index (χ0n) is 8.80. The summed E-state index contributed by atoms with van der Waals surface area (Å²) in [6.07, 6.45) is 3.75. The number of nitrogens with two attached hydrogens (primary N) is 1. The van der Waals surface area contributed by atoms with Crippen molar-refractivity contribution in [1.82, 2.24) is 9.55 Å². The van der Waals surface area contributed by atoms with Crippen LogP contribution in [-0.2, 0) is 6.54 Å². The fraction of sp³-hybridized carbons (Fsp3) is 0.250. The fourth-order valence-corrected chi connectivity index (χ4v) is 1.68. The fourth-order valence-electron chi connectivity index (χ4n) is 1.68. The molecule has 0 spiro atoms. The van der Waals surface area contributed by atoms with E-state index in [4.69, 9.17) is 5.73 Å². The van der Waals surface area contributed by atoms with E-state index in [1.807, 2.05) is 36.5 Å². The number of benzene rings is 1. The molecule has 0 unspecified atom stereocenters. The molecule has 0 aliphatic heterocycles. The van der Waals surface area contributed by atoms with Crippen LogP contribution in [0.15, 0.2) is 42.7 Å². The molecule has 78 valence electrons. The summed E-state index contributed by atoms with van der Waals surface area (Å²) in [7, 11) is 0. The van der Waals surface area contributed by atoms with Gasteiger partial charge in [0.1, 0.15) is 5.82 Å². The van der Waals surface area contributed by atoms with E-state index in [1.165, 1.54) is 0 Å². The van der Waals surface area contributed by atoms with Gasteiger partial charge in [0.2, 0.25) is 0 Å². The second kappa shape index (κ2) is 4.28. The van der Waals surface area contributed by atoms with Crippen LogP contribution in [-0.4, -0.2) is 9.55 Å². The number of aryl methyl sites for hydroxylation is 1. The van der Waals surface area contributed by atoms with Crippen molar-refractivity contribution in [3.05, 3.63) is 54.1 Å². The molecular formula is C12H15N3. The summed E-state index contributed by atoms with van der Waals surface area (Å²) in [5.41, 5.74) is 7.25. The highest BCUT2D eigenvalue weighted by Crippen LogP contribution is 2.17. The Bertz CT molecular complexity index is 419. The molecular weight excluding hydrogens is 186 g/mol. The molecule has 1 heterocycles. The first-order chi connectivity index (χ1) is 7.33. The maximum atomic E-state index is 6.15. The van der Waals surface area contributed by atoms with E-state index in [2.05, 4.69) is 16.5 Å². The molecule has 3 heteroatoms. The molecule has 0 bridgehead atoms. The molecule has 0 radical (unpaired) electrons. The SMILES string of the molecule is CCn1ccnc1[C@H](N)c1ccccc1. The van der Waals surface area contributed by atoms with Crippen LogP contribution >= 0.6 is 0 Å². The Morgan fingerprint density at radius 1 is 1.33 bits per heavy atom. The third kappa shape index (κ3) is 1.92. The molecule has 2 aromatic rings. The first-order valence-corrected chi connectivity index (χ1v) is 5.14. The van der Waals surface area contributed by atoms with Gasteiger partial charge in [0.15, 0.2) is 0 Å². The molecule has 1 aromatic heterocycles. The summed E-state index contributed by atoms with van der Waals surface area (Å²) >= 11 is 0. The molecule has 3 nitrogen and oxygen atoms in total. The van der Waals surface area contributed by atoms with Gasteiger partial charge in [0.25, 0.3) is 0 Å². The summed E-state index contributed by atoms with van der Waals surface area (Å²) < 4.78 is 2.07. The van der Waals surface area contributed by atoms with Gasteiger partial charge in [-0.25, -0.2) is 4.98 Å². The summed E-state index contributed by atoms with van der Waals surface area (Å²) in [4.78, 5) is 4.30. The molecule has 1 atom stereocenters. The van der Waals surface area contributed by atoms with E-state index in [0.717, 1.165) is 17.9 Å². The normalized spacial score (nSPS) is 12.7. The summed E-state index contributed by atoms with van der Waals surface area (Å²) in [6, 6.07) is 9.89. The molecule has 2 rings (SSSR count). The quantitative estimate of drug-likeness (QED) is 0.824. The standard InChI is InChI=1S/C12H15N3/c1-2-15-9-8-14-12(15)11(13)10-6-4-3-5-7-10/h3-9,11H,2,13H2,1H3/t11-/m1/s1. The maximum Gasteiger partial charge on any atom is 0.130 e. The lowest BCUT2D eigenvalue weighted by Crippen LogP contribution is -2.17. The van der Waals surface area contributed by atoms with E-state index in [9.17, 15) is 0 Å². The summed E-state index contributed by atoms with van der Waals surface area (Å²) in [5.74, 6) is 0.920. The van der Waals surface area contributed by atoms with Gasteiger partial charge in [0, 0.05) is 18.9 Å². The largest absolute Gasteiger partial charge is 0.334 e. The number of imidazole rings is 1. The molecule has 0 saturated heterocycles. The first-order valence-electron chi connectivity index (χ1n) is 5.14. The van der Waals surface area contributed by atoms with Crippen LogP contribution in [0.5, 0.6) is 0 Å². The van der Waals surface area contributed by atoms with Crippen molar-refractivity contribution in [1.29, 1.82) is 0 Å². The zero-order chi connectivity index (χ0) is 10.7. The van der Waals surface area contributed by atoms with Crippen molar-refractivity contribution < 1.29 is 0 Å². The number of hydrogen-bond acceptors (Lipinski definition) is 2. The monoisotopic (exact) mass is 201 g/mol. The van der Waals surface area contributed by atoms with Gasteiger partial charge in [0.05, 0.1) is 6.04 Å². The molecule has 15 heavy (non-hydrogen) atoms. The van der Waals surface area contributed by atoms with Gasteiger partial charge in [-0.3, -0.25) is 0 Å². The predicted octanol–water partition coefficient (Wildman–Crippen LogP) is 1.95. The average molecular weight is 201 g/mol. The maximum absolute atomic E-state index is 6.15. The predicted molar refractivity (Wildman–Crippen MR) is 60.4 cm³/mol. The van der Waals surface area contributed by atoms with Gasteiger partial charge in [-0.05, 0) is 12.5 Å². The number of rotatable bonds is 3. The van der Waals surface area contributed by atoms with Crippen LogP contribution in [0.4, 0.5) is 0 Å².